The topological polar surface area (TPSA) is 85.0 Å². The average Bonchev–Trinajstić information content (AvgIpc) is 2.85. The fourth-order valence-corrected chi connectivity index (χ4v) is 3.03. The lowest BCUT2D eigenvalue weighted by Gasteiger charge is -2.22. The van der Waals surface area contributed by atoms with Gasteiger partial charge in [0.2, 0.25) is 0 Å². The maximum Gasteiger partial charge on any atom is 0.270 e. The Kier molecular flexibility index (Phi) is 5.41. The van der Waals surface area contributed by atoms with Crippen molar-refractivity contribution in [3.63, 3.8) is 0 Å². The molecule has 0 atom stereocenters. The van der Waals surface area contributed by atoms with Gasteiger partial charge in [0.1, 0.15) is 5.75 Å². The molecule has 0 aromatic heterocycles. The molecule has 1 aliphatic rings. The van der Waals surface area contributed by atoms with Gasteiger partial charge in [-0.1, -0.05) is 11.6 Å². The second kappa shape index (κ2) is 7.75. The van der Waals surface area contributed by atoms with Crippen molar-refractivity contribution in [3.05, 3.63) is 62.2 Å². The van der Waals surface area contributed by atoms with Crippen LogP contribution in [-0.2, 0) is 4.79 Å². The molecule has 0 N–H and O–H groups in total. The van der Waals surface area contributed by atoms with E-state index in [0.29, 0.717) is 35.1 Å². The maximum atomic E-state index is 12.7. The number of fused-ring (bicyclic) bond motifs is 1. The summed E-state index contributed by atoms with van der Waals surface area (Å²) < 4.78 is 5.66. The van der Waals surface area contributed by atoms with Crippen molar-refractivity contribution >= 4 is 35.1 Å². The molecule has 140 valence electrons. The van der Waals surface area contributed by atoms with Gasteiger partial charge in [0.25, 0.3) is 11.6 Å². The van der Waals surface area contributed by atoms with Gasteiger partial charge in [-0.3, -0.25) is 19.9 Å². The number of benzodiazepines with no additional fused rings is 1. The third kappa shape index (κ3) is 4.09. The molecule has 27 heavy (non-hydrogen) atoms. The van der Waals surface area contributed by atoms with E-state index in [4.69, 9.17) is 16.3 Å². The molecule has 7 nitrogen and oxygen atoms in total. The zero-order valence-corrected chi connectivity index (χ0v) is 15.7. The number of carbonyl (C=O) groups excluding carboxylic acids is 1. The number of nitro groups is 1. The van der Waals surface area contributed by atoms with Crippen LogP contribution in [0.25, 0.3) is 0 Å². The lowest BCUT2D eigenvalue weighted by atomic mass is 10.1. The number of non-ortho nitro benzene ring substituents is 1. The van der Waals surface area contributed by atoms with E-state index in [0.717, 1.165) is 11.1 Å². The largest absolute Gasteiger partial charge is 0.484 e. The minimum atomic E-state index is -0.473. The number of anilines is 1. The van der Waals surface area contributed by atoms with Crippen LogP contribution in [0.4, 0.5) is 11.4 Å². The van der Waals surface area contributed by atoms with E-state index in [1.807, 2.05) is 13.8 Å². The molecule has 3 rings (SSSR count). The van der Waals surface area contributed by atoms with Gasteiger partial charge in [0.15, 0.2) is 6.61 Å². The van der Waals surface area contributed by atoms with Gasteiger partial charge in [-0.2, -0.15) is 0 Å². The number of aryl methyl sites for hydroxylation is 2. The first-order valence-corrected chi connectivity index (χ1v) is 8.73. The highest BCUT2D eigenvalue weighted by Crippen LogP contribution is 2.28. The fraction of sp³-hybridized carbons (Fsp3) is 0.263. The fourth-order valence-electron chi connectivity index (χ4n) is 2.92. The number of nitro benzene ring substituents is 1. The standard InChI is InChI=1S/C19H18ClN3O4/c1-12-7-16(8-13(2)19(12)20)27-11-18(24)22-6-5-21-10-14-9-15(23(25)26)3-4-17(14)22/h3-4,7-10H,5-6,11H2,1-2H3. The smallest absolute Gasteiger partial charge is 0.270 e. The highest BCUT2D eigenvalue weighted by Gasteiger charge is 2.22. The predicted octanol–water partition coefficient (Wildman–Crippen LogP) is 3.71. The highest BCUT2D eigenvalue weighted by atomic mass is 35.5. The molecule has 0 saturated carbocycles. The molecule has 1 amide bonds. The molecule has 0 bridgehead atoms. The van der Waals surface area contributed by atoms with Crippen molar-refractivity contribution in [2.45, 2.75) is 13.8 Å². The normalized spacial score (nSPS) is 13.1. The Morgan fingerprint density at radius 3 is 2.67 bits per heavy atom. The molecule has 2 aromatic rings. The second-order valence-corrected chi connectivity index (χ2v) is 6.62. The summed E-state index contributed by atoms with van der Waals surface area (Å²) in [5.74, 6) is 0.318. The summed E-state index contributed by atoms with van der Waals surface area (Å²) in [6.07, 6.45) is 1.56. The van der Waals surface area contributed by atoms with Crippen molar-refractivity contribution in [1.29, 1.82) is 0 Å². The van der Waals surface area contributed by atoms with Crippen LogP contribution in [0.2, 0.25) is 5.02 Å². The van der Waals surface area contributed by atoms with Gasteiger partial charge in [-0.05, 0) is 43.2 Å². The second-order valence-electron chi connectivity index (χ2n) is 6.24. The molecule has 1 heterocycles. The van der Waals surface area contributed by atoms with Crippen LogP contribution in [0.5, 0.6) is 5.75 Å². The third-order valence-electron chi connectivity index (χ3n) is 4.27. The Bertz CT molecular complexity index is 920. The molecule has 0 fully saturated rings. The zero-order chi connectivity index (χ0) is 19.6. The molecular formula is C19H18ClN3O4. The molecule has 0 saturated heterocycles. The van der Waals surface area contributed by atoms with Crippen LogP contribution < -0.4 is 9.64 Å². The minimum Gasteiger partial charge on any atom is -0.484 e. The number of nitrogens with zero attached hydrogens (tertiary/aromatic N) is 3. The van der Waals surface area contributed by atoms with E-state index >= 15 is 0 Å². The third-order valence-corrected chi connectivity index (χ3v) is 4.87. The van der Waals surface area contributed by atoms with Crippen LogP contribution in [0.1, 0.15) is 16.7 Å². The SMILES string of the molecule is Cc1cc(OCC(=O)N2CCN=Cc3cc([N+](=O)[O-])ccc32)cc(C)c1Cl. The lowest BCUT2D eigenvalue weighted by Crippen LogP contribution is -2.36. The monoisotopic (exact) mass is 387 g/mol. The van der Waals surface area contributed by atoms with Gasteiger partial charge in [0, 0.05) is 35.5 Å². The molecule has 8 heteroatoms. The van der Waals surface area contributed by atoms with Crippen molar-refractivity contribution in [1.82, 2.24) is 0 Å². The summed E-state index contributed by atoms with van der Waals surface area (Å²) in [7, 11) is 0. The van der Waals surface area contributed by atoms with Gasteiger partial charge >= 0.3 is 0 Å². The van der Waals surface area contributed by atoms with Crippen LogP contribution >= 0.6 is 11.6 Å². The number of halogens is 1. The zero-order valence-electron chi connectivity index (χ0n) is 14.9. The van der Waals surface area contributed by atoms with E-state index in [1.54, 1.807) is 29.3 Å². The number of rotatable bonds is 4. The van der Waals surface area contributed by atoms with Crippen LogP contribution in [0.3, 0.4) is 0 Å². The Labute approximate surface area is 161 Å². The maximum absolute atomic E-state index is 12.7. The Hall–Kier alpha value is -2.93. The Morgan fingerprint density at radius 1 is 1.30 bits per heavy atom. The predicted molar refractivity (Wildman–Crippen MR) is 104 cm³/mol. The average molecular weight is 388 g/mol. The summed E-state index contributed by atoms with van der Waals surface area (Å²) >= 11 is 6.15. The first-order chi connectivity index (χ1) is 12.9. The number of amides is 1. The molecule has 0 aliphatic carbocycles. The van der Waals surface area contributed by atoms with Gasteiger partial charge < -0.3 is 9.64 Å². The van der Waals surface area contributed by atoms with Crippen LogP contribution in [0, 0.1) is 24.0 Å². The molecular weight excluding hydrogens is 370 g/mol. The van der Waals surface area contributed by atoms with E-state index in [-0.39, 0.29) is 18.2 Å². The Balaban J connectivity index is 1.79. The summed E-state index contributed by atoms with van der Waals surface area (Å²) in [4.78, 5) is 29.0. The Morgan fingerprint density at radius 2 is 2.00 bits per heavy atom. The number of hydrogen-bond donors (Lipinski definition) is 0. The summed E-state index contributed by atoms with van der Waals surface area (Å²) in [6.45, 7) is 4.38. The van der Waals surface area contributed by atoms with Crippen molar-refractivity contribution in [2.75, 3.05) is 24.6 Å². The summed E-state index contributed by atoms with van der Waals surface area (Å²) in [6, 6.07) is 7.93. The summed E-state index contributed by atoms with van der Waals surface area (Å²) in [5, 5.41) is 11.7. The number of hydrogen-bond acceptors (Lipinski definition) is 5. The van der Waals surface area contributed by atoms with Crippen LogP contribution in [-0.4, -0.2) is 36.7 Å². The van der Waals surface area contributed by atoms with E-state index in [1.165, 1.54) is 12.1 Å². The number of aliphatic imine (C=N–C) groups is 1. The quantitative estimate of drug-likeness (QED) is 0.591. The van der Waals surface area contributed by atoms with E-state index in [2.05, 4.69) is 4.99 Å². The van der Waals surface area contributed by atoms with Crippen molar-refractivity contribution < 1.29 is 14.5 Å². The van der Waals surface area contributed by atoms with Crippen molar-refractivity contribution in [2.24, 2.45) is 4.99 Å². The first-order valence-electron chi connectivity index (χ1n) is 8.35. The van der Waals surface area contributed by atoms with Gasteiger partial charge in [-0.25, -0.2) is 0 Å². The number of ether oxygens (including phenoxy) is 1. The molecule has 0 spiro atoms. The van der Waals surface area contributed by atoms with Gasteiger partial charge in [0.05, 0.1) is 17.2 Å². The molecule has 0 unspecified atom stereocenters. The van der Waals surface area contributed by atoms with E-state index in [9.17, 15) is 14.9 Å². The van der Waals surface area contributed by atoms with E-state index < -0.39 is 4.92 Å². The minimum absolute atomic E-state index is 0.0436. The van der Waals surface area contributed by atoms with Crippen molar-refractivity contribution in [3.8, 4) is 5.75 Å². The molecule has 2 aromatic carbocycles. The van der Waals surface area contributed by atoms with Crippen LogP contribution in [0.15, 0.2) is 35.3 Å². The summed E-state index contributed by atoms with van der Waals surface area (Å²) in [5.41, 5.74) is 2.82. The molecule has 0 radical (unpaired) electrons. The lowest BCUT2D eigenvalue weighted by molar-refractivity contribution is -0.384. The van der Waals surface area contributed by atoms with Gasteiger partial charge in [-0.15, -0.1) is 0 Å². The highest BCUT2D eigenvalue weighted by molar-refractivity contribution is 6.32. The number of carbonyl (C=O) groups is 1. The number of benzene rings is 2. The first kappa shape index (κ1) is 18.8. The molecule has 1 aliphatic heterocycles.